The van der Waals surface area contributed by atoms with Gasteiger partial charge in [-0.1, -0.05) is 23.5 Å². The van der Waals surface area contributed by atoms with Gasteiger partial charge >= 0.3 is 0 Å². The van der Waals surface area contributed by atoms with Crippen LogP contribution in [0.4, 0.5) is 0 Å². The highest BCUT2D eigenvalue weighted by atomic mass is 32.2. The van der Waals surface area contributed by atoms with E-state index in [1.54, 1.807) is 7.11 Å². The summed E-state index contributed by atoms with van der Waals surface area (Å²) < 4.78 is 32.4. The van der Waals surface area contributed by atoms with E-state index in [1.807, 2.05) is 24.3 Å². The quantitative estimate of drug-likeness (QED) is 0.562. The number of ether oxygens (including phenoxy) is 1. The number of methoxy groups -OCH3 is 1. The first-order valence-electron chi connectivity index (χ1n) is 10.7. The van der Waals surface area contributed by atoms with Gasteiger partial charge in [0, 0.05) is 38.4 Å². The molecule has 2 fully saturated rings. The van der Waals surface area contributed by atoms with Gasteiger partial charge < -0.3 is 4.74 Å². The molecular formula is C21H26N4O5S2. The van der Waals surface area contributed by atoms with Crippen LogP contribution >= 0.6 is 11.3 Å². The Kier molecular flexibility index (Phi) is 6.87. The first-order valence-corrected chi connectivity index (χ1v) is 13.1. The second-order valence-corrected chi connectivity index (χ2v) is 11.0. The third-order valence-electron chi connectivity index (χ3n) is 5.93. The molecule has 172 valence electrons. The van der Waals surface area contributed by atoms with Gasteiger partial charge in [-0.2, -0.15) is 0 Å². The highest BCUT2D eigenvalue weighted by molar-refractivity contribution is 7.89. The van der Waals surface area contributed by atoms with E-state index in [4.69, 9.17) is 4.74 Å². The summed E-state index contributed by atoms with van der Waals surface area (Å²) in [5.41, 5.74) is 0.889. The van der Waals surface area contributed by atoms with Gasteiger partial charge in [-0.05, 0) is 31.4 Å². The highest BCUT2D eigenvalue weighted by Crippen LogP contribution is 2.37. The van der Waals surface area contributed by atoms with Gasteiger partial charge in [-0.25, -0.2) is 12.7 Å². The summed E-state index contributed by atoms with van der Waals surface area (Å²) in [5, 5.41) is 10.4. The Morgan fingerprint density at radius 1 is 1.09 bits per heavy atom. The molecule has 0 spiro atoms. The average molecular weight is 479 g/mol. The molecule has 4 rings (SSSR count). The summed E-state index contributed by atoms with van der Waals surface area (Å²) in [5.74, 6) is 0.0929. The molecule has 1 aromatic carbocycles. The van der Waals surface area contributed by atoms with Crippen molar-refractivity contribution in [1.82, 2.24) is 19.4 Å². The Labute approximate surface area is 191 Å². The number of para-hydroxylation sites is 1. The SMILES string of the molecule is COc1ccccc1-c1nnc(C2CCN(S(=O)(=O)CCN3C(=O)CCCC3=O)CC2)s1. The van der Waals surface area contributed by atoms with Crippen molar-refractivity contribution in [2.75, 3.05) is 32.5 Å². The molecule has 3 heterocycles. The fourth-order valence-electron chi connectivity index (χ4n) is 4.10. The molecule has 2 aromatic rings. The molecule has 0 radical (unpaired) electrons. The number of hydrogen-bond donors (Lipinski definition) is 0. The molecule has 0 saturated carbocycles. The van der Waals surface area contributed by atoms with Crippen LogP contribution in [0.3, 0.4) is 0 Å². The molecule has 0 atom stereocenters. The number of piperidine rings is 2. The van der Waals surface area contributed by atoms with Gasteiger partial charge in [-0.15, -0.1) is 10.2 Å². The molecule has 11 heteroatoms. The molecule has 0 bridgehead atoms. The van der Waals surface area contributed by atoms with Gasteiger partial charge in [0.1, 0.15) is 10.8 Å². The standard InChI is InChI=1S/C21H26N4O5S2/c1-30-17-6-3-2-5-16(17)21-23-22-20(31-21)15-9-11-24(12-10-15)32(28,29)14-13-25-18(26)7-4-8-19(25)27/h2-3,5-6,15H,4,7-14H2,1H3. The molecule has 2 saturated heterocycles. The number of carbonyl (C=O) groups excluding carboxylic acids is 2. The Bertz CT molecular complexity index is 1080. The zero-order valence-electron chi connectivity index (χ0n) is 17.9. The third kappa shape index (κ3) is 4.84. The van der Waals surface area contributed by atoms with Gasteiger partial charge in [0.15, 0.2) is 5.01 Å². The van der Waals surface area contributed by atoms with Crippen LogP contribution in [0.2, 0.25) is 0 Å². The Morgan fingerprint density at radius 2 is 1.78 bits per heavy atom. The smallest absolute Gasteiger partial charge is 0.229 e. The van der Waals surface area contributed by atoms with E-state index in [0.29, 0.717) is 45.2 Å². The monoisotopic (exact) mass is 478 g/mol. The number of carbonyl (C=O) groups is 2. The van der Waals surface area contributed by atoms with Crippen molar-refractivity contribution in [2.24, 2.45) is 0 Å². The lowest BCUT2D eigenvalue weighted by Crippen LogP contribution is -2.46. The van der Waals surface area contributed by atoms with E-state index in [0.717, 1.165) is 26.2 Å². The zero-order valence-corrected chi connectivity index (χ0v) is 19.5. The van der Waals surface area contributed by atoms with E-state index in [1.165, 1.54) is 15.6 Å². The van der Waals surface area contributed by atoms with E-state index in [9.17, 15) is 18.0 Å². The second-order valence-electron chi connectivity index (χ2n) is 7.93. The Morgan fingerprint density at radius 3 is 2.47 bits per heavy atom. The third-order valence-corrected chi connectivity index (χ3v) is 8.90. The molecule has 2 amide bonds. The fraction of sp³-hybridized carbons (Fsp3) is 0.524. The molecule has 2 aliphatic rings. The maximum Gasteiger partial charge on any atom is 0.229 e. The minimum absolute atomic E-state index is 0.0708. The second kappa shape index (κ2) is 9.63. The Hall–Kier alpha value is -2.37. The summed E-state index contributed by atoms with van der Waals surface area (Å²) in [7, 11) is -1.92. The van der Waals surface area contributed by atoms with Crippen LogP contribution in [0.25, 0.3) is 10.6 Å². The number of rotatable bonds is 7. The number of likely N-dealkylation sites (tertiary alicyclic amines) is 1. The predicted molar refractivity (Wildman–Crippen MR) is 120 cm³/mol. The summed E-state index contributed by atoms with van der Waals surface area (Å²) in [6.45, 7) is 0.704. The molecule has 0 aliphatic carbocycles. The van der Waals surface area contributed by atoms with E-state index >= 15 is 0 Å². The summed E-state index contributed by atoms with van der Waals surface area (Å²) in [6.07, 6.45) is 2.45. The number of nitrogens with zero attached hydrogens (tertiary/aromatic N) is 4. The van der Waals surface area contributed by atoms with Crippen LogP contribution in [0.5, 0.6) is 5.75 Å². The molecule has 0 N–H and O–H groups in total. The maximum absolute atomic E-state index is 12.8. The average Bonchev–Trinajstić information content (AvgIpc) is 3.29. The van der Waals surface area contributed by atoms with Gasteiger partial charge in [-0.3, -0.25) is 14.5 Å². The number of hydrogen-bond acceptors (Lipinski definition) is 8. The number of imide groups is 1. The van der Waals surface area contributed by atoms with Crippen molar-refractivity contribution in [3.05, 3.63) is 29.3 Å². The van der Waals surface area contributed by atoms with Gasteiger partial charge in [0.25, 0.3) is 0 Å². The first-order chi connectivity index (χ1) is 15.4. The molecule has 2 aliphatic heterocycles. The normalized spacial score (nSPS) is 18.8. The van der Waals surface area contributed by atoms with E-state index in [-0.39, 0.29) is 30.0 Å². The van der Waals surface area contributed by atoms with E-state index in [2.05, 4.69) is 10.2 Å². The number of sulfonamides is 1. The molecule has 0 unspecified atom stereocenters. The summed E-state index contributed by atoms with van der Waals surface area (Å²) >= 11 is 1.51. The largest absolute Gasteiger partial charge is 0.496 e. The van der Waals surface area contributed by atoms with Crippen LogP contribution in [-0.2, 0) is 19.6 Å². The number of aromatic nitrogens is 2. The van der Waals surface area contributed by atoms with Crippen LogP contribution in [0, 0.1) is 0 Å². The van der Waals surface area contributed by atoms with Gasteiger partial charge in [0.2, 0.25) is 21.8 Å². The minimum atomic E-state index is -3.54. The summed E-state index contributed by atoms with van der Waals surface area (Å²) in [6, 6.07) is 7.64. The zero-order chi connectivity index (χ0) is 22.7. The van der Waals surface area contributed by atoms with Crippen molar-refractivity contribution in [3.63, 3.8) is 0 Å². The maximum atomic E-state index is 12.8. The van der Waals surface area contributed by atoms with Crippen LogP contribution < -0.4 is 4.74 Å². The highest BCUT2D eigenvalue weighted by Gasteiger charge is 2.32. The molecular weight excluding hydrogens is 452 g/mol. The Balaban J connectivity index is 1.35. The van der Waals surface area contributed by atoms with Crippen molar-refractivity contribution < 1.29 is 22.7 Å². The van der Waals surface area contributed by atoms with E-state index < -0.39 is 10.0 Å². The van der Waals surface area contributed by atoms with Gasteiger partial charge in [0.05, 0.1) is 18.4 Å². The number of amides is 2. The van der Waals surface area contributed by atoms with Crippen LogP contribution in [0.1, 0.15) is 43.0 Å². The van der Waals surface area contributed by atoms with Crippen molar-refractivity contribution in [1.29, 1.82) is 0 Å². The lowest BCUT2D eigenvalue weighted by atomic mass is 9.99. The first kappa shape index (κ1) is 22.8. The van der Waals surface area contributed by atoms with Crippen LogP contribution in [0.15, 0.2) is 24.3 Å². The minimum Gasteiger partial charge on any atom is -0.496 e. The predicted octanol–water partition coefficient (Wildman–Crippen LogP) is 2.26. The lowest BCUT2D eigenvalue weighted by Gasteiger charge is -2.31. The van der Waals surface area contributed by atoms with Crippen LogP contribution in [-0.4, -0.2) is 72.1 Å². The fourth-order valence-corrected chi connectivity index (χ4v) is 6.58. The lowest BCUT2D eigenvalue weighted by molar-refractivity contribution is -0.147. The molecule has 1 aromatic heterocycles. The summed E-state index contributed by atoms with van der Waals surface area (Å²) in [4.78, 5) is 24.9. The number of benzene rings is 1. The van der Waals surface area contributed by atoms with Crippen molar-refractivity contribution in [2.45, 2.75) is 38.0 Å². The molecule has 32 heavy (non-hydrogen) atoms. The topological polar surface area (TPSA) is 110 Å². The van der Waals surface area contributed by atoms with Crippen molar-refractivity contribution in [3.8, 4) is 16.3 Å². The molecule has 9 nitrogen and oxygen atoms in total. The van der Waals surface area contributed by atoms with Crippen molar-refractivity contribution >= 4 is 33.2 Å².